The fraction of sp³-hybridized carbons (Fsp3) is 0.619. The SMILES string of the molecule is CCNC(=NCC1(c2cccc(Cl)c2)CC1)N1CCC(CC(=O)NC)CC1. The summed E-state index contributed by atoms with van der Waals surface area (Å²) in [4.78, 5) is 18.9. The number of benzene rings is 1. The molecular weight excluding hydrogens is 360 g/mol. The van der Waals surface area contributed by atoms with Crippen molar-refractivity contribution in [2.24, 2.45) is 10.9 Å². The average Bonchev–Trinajstić information content (AvgIpc) is 3.47. The molecular formula is C21H31ClN4O. The van der Waals surface area contributed by atoms with E-state index >= 15 is 0 Å². The molecule has 5 nitrogen and oxygen atoms in total. The molecule has 0 radical (unpaired) electrons. The second-order valence-corrected chi connectivity index (χ2v) is 8.21. The Labute approximate surface area is 167 Å². The topological polar surface area (TPSA) is 56.7 Å². The van der Waals surface area contributed by atoms with E-state index in [0.29, 0.717) is 12.3 Å². The van der Waals surface area contributed by atoms with E-state index in [1.54, 1.807) is 7.05 Å². The fourth-order valence-electron chi connectivity index (χ4n) is 3.87. The van der Waals surface area contributed by atoms with E-state index in [2.05, 4.69) is 34.6 Å². The lowest BCUT2D eigenvalue weighted by molar-refractivity contribution is -0.121. The van der Waals surface area contributed by atoms with Gasteiger partial charge in [-0.05, 0) is 56.2 Å². The first-order valence-electron chi connectivity index (χ1n) is 10.1. The zero-order valence-corrected chi connectivity index (χ0v) is 17.2. The molecule has 1 aliphatic heterocycles. The van der Waals surface area contributed by atoms with Crippen molar-refractivity contribution >= 4 is 23.5 Å². The van der Waals surface area contributed by atoms with E-state index < -0.39 is 0 Å². The molecule has 0 spiro atoms. The first kappa shape index (κ1) is 20.0. The van der Waals surface area contributed by atoms with Crippen molar-refractivity contribution in [1.82, 2.24) is 15.5 Å². The zero-order chi connectivity index (χ0) is 19.3. The molecule has 1 aliphatic carbocycles. The molecule has 0 unspecified atom stereocenters. The van der Waals surface area contributed by atoms with Crippen LogP contribution in [0.25, 0.3) is 0 Å². The van der Waals surface area contributed by atoms with Crippen LogP contribution in [0.4, 0.5) is 0 Å². The summed E-state index contributed by atoms with van der Waals surface area (Å²) < 4.78 is 0. The Morgan fingerprint density at radius 1 is 1.33 bits per heavy atom. The summed E-state index contributed by atoms with van der Waals surface area (Å²) in [5.41, 5.74) is 1.46. The number of amides is 1. The first-order chi connectivity index (χ1) is 13.1. The van der Waals surface area contributed by atoms with Gasteiger partial charge in [-0.2, -0.15) is 0 Å². The van der Waals surface area contributed by atoms with Crippen LogP contribution in [0, 0.1) is 5.92 Å². The second-order valence-electron chi connectivity index (χ2n) is 7.77. The second kappa shape index (κ2) is 8.96. The van der Waals surface area contributed by atoms with Gasteiger partial charge >= 0.3 is 0 Å². The summed E-state index contributed by atoms with van der Waals surface area (Å²) in [6, 6.07) is 8.22. The molecule has 2 N–H and O–H groups in total. The Bertz CT molecular complexity index is 679. The van der Waals surface area contributed by atoms with Crippen LogP contribution in [-0.2, 0) is 10.2 Å². The summed E-state index contributed by atoms with van der Waals surface area (Å²) in [7, 11) is 1.71. The van der Waals surface area contributed by atoms with Gasteiger partial charge in [-0.3, -0.25) is 9.79 Å². The van der Waals surface area contributed by atoms with Gasteiger partial charge in [0.15, 0.2) is 5.96 Å². The van der Waals surface area contributed by atoms with Crippen molar-refractivity contribution < 1.29 is 4.79 Å². The lowest BCUT2D eigenvalue weighted by atomic mass is 9.93. The Kier molecular flexibility index (Phi) is 6.64. The number of carbonyl (C=O) groups is 1. The Morgan fingerprint density at radius 3 is 2.67 bits per heavy atom. The molecule has 1 saturated heterocycles. The van der Waals surface area contributed by atoms with Crippen molar-refractivity contribution in [3.8, 4) is 0 Å². The maximum atomic E-state index is 11.6. The summed E-state index contributed by atoms with van der Waals surface area (Å²) in [5.74, 6) is 1.63. The van der Waals surface area contributed by atoms with Crippen LogP contribution in [0.5, 0.6) is 0 Å². The monoisotopic (exact) mass is 390 g/mol. The maximum Gasteiger partial charge on any atom is 0.220 e. The maximum absolute atomic E-state index is 11.6. The number of piperidine rings is 1. The van der Waals surface area contributed by atoms with Crippen LogP contribution in [0.15, 0.2) is 29.3 Å². The Morgan fingerprint density at radius 2 is 2.07 bits per heavy atom. The highest BCUT2D eigenvalue weighted by molar-refractivity contribution is 6.30. The Balaban J connectivity index is 1.61. The lowest BCUT2D eigenvalue weighted by Gasteiger charge is -2.34. The molecule has 1 aromatic carbocycles. The molecule has 2 fully saturated rings. The van der Waals surface area contributed by atoms with Crippen molar-refractivity contribution in [3.63, 3.8) is 0 Å². The van der Waals surface area contributed by atoms with E-state index in [-0.39, 0.29) is 11.3 Å². The van der Waals surface area contributed by atoms with E-state index in [0.717, 1.165) is 50.0 Å². The third-order valence-corrected chi connectivity index (χ3v) is 6.06. The van der Waals surface area contributed by atoms with Crippen LogP contribution in [-0.4, -0.2) is 50.0 Å². The van der Waals surface area contributed by atoms with Gasteiger partial charge in [0.05, 0.1) is 6.54 Å². The van der Waals surface area contributed by atoms with E-state index in [9.17, 15) is 4.79 Å². The molecule has 148 valence electrons. The number of halogens is 1. The number of hydrogen-bond donors (Lipinski definition) is 2. The van der Waals surface area contributed by atoms with Gasteiger partial charge in [0.2, 0.25) is 5.91 Å². The fourth-order valence-corrected chi connectivity index (χ4v) is 4.06. The van der Waals surface area contributed by atoms with Gasteiger partial charge in [0, 0.05) is 43.5 Å². The average molecular weight is 391 g/mol. The molecule has 0 bridgehead atoms. The number of hydrogen-bond acceptors (Lipinski definition) is 2. The molecule has 1 heterocycles. The van der Waals surface area contributed by atoms with Crippen molar-refractivity contribution in [3.05, 3.63) is 34.9 Å². The third kappa shape index (κ3) is 5.16. The summed E-state index contributed by atoms with van der Waals surface area (Å²) in [6.07, 6.45) is 5.05. The number of nitrogens with one attached hydrogen (secondary N) is 2. The highest BCUT2D eigenvalue weighted by atomic mass is 35.5. The van der Waals surface area contributed by atoms with Gasteiger partial charge in [-0.1, -0.05) is 23.7 Å². The van der Waals surface area contributed by atoms with Crippen molar-refractivity contribution in [1.29, 1.82) is 0 Å². The van der Waals surface area contributed by atoms with E-state index in [1.165, 1.54) is 18.4 Å². The Hall–Kier alpha value is -1.75. The minimum atomic E-state index is 0.145. The number of guanidine groups is 1. The van der Waals surface area contributed by atoms with E-state index in [1.807, 2.05) is 12.1 Å². The lowest BCUT2D eigenvalue weighted by Crippen LogP contribution is -2.46. The number of nitrogens with zero attached hydrogens (tertiary/aromatic N) is 2. The normalized spacial score (nSPS) is 19.7. The van der Waals surface area contributed by atoms with Gasteiger partial charge in [0.1, 0.15) is 0 Å². The third-order valence-electron chi connectivity index (χ3n) is 5.82. The molecule has 1 aromatic rings. The van der Waals surface area contributed by atoms with Crippen LogP contribution >= 0.6 is 11.6 Å². The van der Waals surface area contributed by atoms with Crippen molar-refractivity contribution in [2.75, 3.05) is 33.2 Å². The number of rotatable bonds is 6. The smallest absolute Gasteiger partial charge is 0.220 e. The first-order valence-corrected chi connectivity index (χ1v) is 10.4. The molecule has 6 heteroatoms. The highest BCUT2D eigenvalue weighted by Gasteiger charge is 2.44. The standard InChI is InChI=1S/C21H31ClN4O/c1-3-24-20(26-11-7-16(8-12-26)13-19(27)23-2)25-15-21(9-10-21)17-5-4-6-18(22)14-17/h4-6,14,16H,3,7-13,15H2,1-2H3,(H,23,27)(H,24,25). The molecule has 1 amide bonds. The predicted octanol–water partition coefficient (Wildman–Crippen LogP) is 3.19. The van der Waals surface area contributed by atoms with Crippen LogP contribution in [0.1, 0.15) is 44.6 Å². The zero-order valence-electron chi connectivity index (χ0n) is 16.4. The van der Waals surface area contributed by atoms with Gasteiger partial charge in [-0.25, -0.2) is 0 Å². The summed E-state index contributed by atoms with van der Waals surface area (Å²) in [5, 5.41) is 6.98. The number of aliphatic imine (C=N–C) groups is 1. The van der Waals surface area contributed by atoms with Crippen molar-refractivity contribution in [2.45, 2.75) is 44.4 Å². The van der Waals surface area contributed by atoms with Gasteiger partial charge in [-0.15, -0.1) is 0 Å². The van der Waals surface area contributed by atoms with Crippen LogP contribution in [0.2, 0.25) is 5.02 Å². The van der Waals surface area contributed by atoms with E-state index in [4.69, 9.17) is 16.6 Å². The molecule has 3 rings (SSSR count). The molecule has 0 atom stereocenters. The largest absolute Gasteiger partial charge is 0.359 e. The van der Waals surface area contributed by atoms with Crippen LogP contribution in [0.3, 0.4) is 0 Å². The quantitative estimate of drug-likeness (QED) is 0.579. The number of likely N-dealkylation sites (tertiary alicyclic amines) is 1. The minimum Gasteiger partial charge on any atom is -0.359 e. The van der Waals surface area contributed by atoms with Gasteiger partial charge < -0.3 is 15.5 Å². The summed E-state index contributed by atoms with van der Waals surface area (Å²) >= 11 is 6.19. The summed E-state index contributed by atoms with van der Waals surface area (Å²) in [6.45, 7) is 5.68. The molecule has 0 aromatic heterocycles. The number of carbonyl (C=O) groups excluding carboxylic acids is 1. The van der Waals surface area contributed by atoms with Crippen LogP contribution < -0.4 is 10.6 Å². The molecule has 1 saturated carbocycles. The molecule has 2 aliphatic rings. The highest BCUT2D eigenvalue weighted by Crippen LogP contribution is 2.48. The minimum absolute atomic E-state index is 0.145. The molecule has 27 heavy (non-hydrogen) atoms. The van der Waals surface area contributed by atoms with Gasteiger partial charge in [0.25, 0.3) is 0 Å². The predicted molar refractivity (Wildman–Crippen MR) is 111 cm³/mol.